The number of hydrogen-bond donors (Lipinski definition) is 1. The Kier molecular flexibility index (Phi) is 2.25. The van der Waals surface area contributed by atoms with Crippen LogP contribution in [0.2, 0.25) is 0 Å². The highest BCUT2D eigenvalue weighted by molar-refractivity contribution is 5.14. The van der Waals surface area contributed by atoms with Crippen LogP contribution in [0.3, 0.4) is 0 Å². The predicted octanol–water partition coefficient (Wildman–Crippen LogP) is 0.523. The first kappa shape index (κ1) is 7.78. The van der Waals surface area contributed by atoms with Gasteiger partial charge in [0.15, 0.2) is 5.75 Å². The Balaban J connectivity index is 2.96. The Morgan fingerprint density at radius 2 is 2.36 bits per heavy atom. The fraction of sp³-hybridized carbons (Fsp3) is 0.286. The average Bonchev–Trinajstić information content (AvgIpc) is 1.98. The van der Waals surface area contributed by atoms with Crippen molar-refractivity contribution in [2.75, 3.05) is 6.67 Å². The van der Waals surface area contributed by atoms with Gasteiger partial charge in [-0.15, -0.1) is 0 Å². The summed E-state index contributed by atoms with van der Waals surface area (Å²) >= 11 is 0. The number of aromatic hydroxyl groups is 1. The molecule has 0 amide bonds. The van der Waals surface area contributed by atoms with Crippen LogP contribution in [0, 0.1) is 0 Å². The summed E-state index contributed by atoms with van der Waals surface area (Å²) in [5.74, 6) is -0.346. The van der Waals surface area contributed by atoms with Crippen molar-refractivity contribution in [3.05, 3.63) is 28.7 Å². The summed E-state index contributed by atoms with van der Waals surface area (Å²) in [6.45, 7) is -0.351. The maximum atomic E-state index is 11.7. The highest BCUT2D eigenvalue weighted by atomic mass is 19.1. The summed E-state index contributed by atoms with van der Waals surface area (Å²) in [6.07, 6.45) is 2.64. The fourth-order valence-electron chi connectivity index (χ4n) is 0.749. The molecule has 1 aromatic rings. The molecule has 1 rings (SSSR count). The van der Waals surface area contributed by atoms with Crippen LogP contribution in [0.25, 0.3) is 0 Å². The van der Waals surface area contributed by atoms with E-state index in [0.29, 0.717) is 0 Å². The average molecular weight is 157 g/mol. The lowest BCUT2D eigenvalue weighted by atomic mass is 10.4. The zero-order valence-corrected chi connectivity index (χ0v) is 5.83. The molecule has 0 spiro atoms. The van der Waals surface area contributed by atoms with E-state index in [9.17, 15) is 9.18 Å². The molecule has 1 aromatic heterocycles. The number of pyridine rings is 1. The Hall–Kier alpha value is -1.32. The molecule has 0 bridgehead atoms. The van der Waals surface area contributed by atoms with E-state index in [1.165, 1.54) is 23.0 Å². The standard InChI is InChI=1S/C7H8FNO2/c8-2-4-9-3-1-6(10)7(11)5-9/h1,3,5,11H,2,4H2. The molecule has 0 saturated carbocycles. The summed E-state index contributed by atoms with van der Waals surface area (Å²) in [4.78, 5) is 10.6. The van der Waals surface area contributed by atoms with Gasteiger partial charge in [-0.2, -0.15) is 0 Å². The van der Waals surface area contributed by atoms with E-state index in [2.05, 4.69) is 0 Å². The van der Waals surface area contributed by atoms with E-state index in [1.807, 2.05) is 0 Å². The van der Waals surface area contributed by atoms with Crippen molar-refractivity contribution in [3.63, 3.8) is 0 Å². The summed E-state index contributed by atoms with van der Waals surface area (Å²) < 4.78 is 13.1. The van der Waals surface area contributed by atoms with Gasteiger partial charge in [0.2, 0.25) is 5.43 Å². The molecular weight excluding hydrogens is 149 g/mol. The molecule has 3 nitrogen and oxygen atoms in total. The second-order valence-corrected chi connectivity index (χ2v) is 2.12. The lowest BCUT2D eigenvalue weighted by Gasteiger charge is -2.01. The first-order chi connectivity index (χ1) is 5.24. The molecule has 0 aromatic carbocycles. The second kappa shape index (κ2) is 3.18. The molecule has 60 valence electrons. The van der Waals surface area contributed by atoms with Gasteiger partial charge in [0.05, 0.1) is 6.54 Å². The predicted molar refractivity (Wildman–Crippen MR) is 38.3 cm³/mol. The second-order valence-electron chi connectivity index (χ2n) is 2.12. The van der Waals surface area contributed by atoms with Crippen LogP contribution in [-0.4, -0.2) is 16.3 Å². The third-order valence-electron chi connectivity index (χ3n) is 1.30. The Bertz CT molecular complexity index is 295. The molecular formula is C7H8FNO2. The summed E-state index contributed by atoms with van der Waals surface area (Å²) in [7, 11) is 0. The third-order valence-corrected chi connectivity index (χ3v) is 1.30. The maximum absolute atomic E-state index is 11.7. The highest BCUT2D eigenvalue weighted by Gasteiger charge is 1.95. The molecule has 0 radical (unpaired) electrons. The van der Waals surface area contributed by atoms with E-state index >= 15 is 0 Å². The van der Waals surface area contributed by atoms with E-state index in [1.54, 1.807) is 0 Å². The van der Waals surface area contributed by atoms with Crippen LogP contribution in [-0.2, 0) is 6.54 Å². The minimum absolute atomic E-state index is 0.161. The molecule has 11 heavy (non-hydrogen) atoms. The van der Waals surface area contributed by atoms with Crippen molar-refractivity contribution in [2.45, 2.75) is 6.54 Å². The molecule has 0 unspecified atom stereocenters. The van der Waals surface area contributed by atoms with Crippen LogP contribution >= 0.6 is 0 Å². The summed E-state index contributed by atoms with van der Waals surface area (Å²) in [6, 6.07) is 1.20. The fourth-order valence-corrected chi connectivity index (χ4v) is 0.749. The Labute approximate surface area is 62.7 Å². The van der Waals surface area contributed by atoms with Gasteiger partial charge in [-0.25, -0.2) is 4.39 Å². The summed E-state index contributed by atoms with van der Waals surface area (Å²) in [5, 5.41) is 8.87. The first-order valence-electron chi connectivity index (χ1n) is 3.19. The Morgan fingerprint density at radius 3 is 2.91 bits per heavy atom. The Morgan fingerprint density at radius 1 is 1.64 bits per heavy atom. The van der Waals surface area contributed by atoms with Crippen molar-refractivity contribution in [2.24, 2.45) is 0 Å². The van der Waals surface area contributed by atoms with E-state index in [4.69, 9.17) is 5.11 Å². The van der Waals surface area contributed by atoms with Gasteiger partial charge in [0.1, 0.15) is 6.67 Å². The number of nitrogens with zero attached hydrogens (tertiary/aromatic N) is 1. The molecule has 0 aliphatic rings. The zero-order valence-electron chi connectivity index (χ0n) is 5.83. The minimum atomic E-state index is -0.512. The highest BCUT2D eigenvalue weighted by Crippen LogP contribution is 1.97. The van der Waals surface area contributed by atoms with E-state index in [-0.39, 0.29) is 12.3 Å². The van der Waals surface area contributed by atoms with Gasteiger partial charge in [0.25, 0.3) is 0 Å². The van der Waals surface area contributed by atoms with Crippen LogP contribution in [0.1, 0.15) is 0 Å². The van der Waals surface area contributed by atoms with Gasteiger partial charge in [0, 0.05) is 18.5 Å². The monoisotopic (exact) mass is 157 g/mol. The number of alkyl halides is 1. The lowest BCUT2D eigenvalue weighted by molar-refractivity contribution is 0.429. The molecule has 1 N–H and O–H groups in total. The number of aromatic nitrogens is 1. The first-order valence-corrected chi connectivity index (χ1v) is 3.19. The number of halogens is 1. The van der Waals surface area contributed by atoms with Crippen LogP contribution in [0.4, 0.5) is 4.39 Å². The van der Waals surface area contributed by atoms with Crippen molar-refractivity contribution in [3.8, 4) is 5.75 Å². The van der Waals surface area contributed by atoms with Crippen molar-refractivity contribution in [1.82, 2.24) is 4.57 Å². The van der Waals surface area contributed by atoms with Crippen LogP contribution < -0.4 is 5.43 Å². The normalized spacial score (nSPS) is 9.91. The SMILES string of the molecule is O=c1ccn(CCF)cc1O. The smallest absolute Gasteiger partial charge is 0.223 e. The van der Waals surface area contributed by atoms with Crippen molar-refractivity contribution >= 4 is 0 Å². The van der Waals surface area contributed by atoms with E-state index < -0.39 is 12.1 Å². The topological polar surface area (TPSA) is 42.2 Å². The number of aryl methyl sites for hydroxylation is 1. The van der Waals surface area contributed by atoms with Gasteiger partial charge in [-0.1, -0.05) is 0 Å². The van der Waals surface area contributed by atoms with Gasteiger partial charge >= 0.3 is 0 Å². The van der Waals surface area contributed by atoms with Gasteiger partial charge < -0.3 is 9.67 Å². The third kappa shape index (κ3) is 1.80. The molecule has 0 aliphatic carbocycles. The lowest BCUT2D eigenvalue weighted by Crippen LogP contribution is -2.05. The molecule has 0 aliphatic heterocycles. The zero-order chi connectivity index (χ0) is 8.27. The largest absolute Gasteiger partial charge is 0.503 e. The van der Waals surface area contributed by atoms with Gasteiger partial charge in [-0.05, 0) is 0 Å². The molecule has 1 heterocycles. The van der Waals surface area contributed by atoms with Crippen molar-refractivity contribution in [1.29, 1.82) is 0 Å². The quantitative estimate of drug-likeness (QED) is 0.680. The number of rotatable bonds is 2. The maximum Gasteiger partial charge on any atom is 0.223 e. The molecule has 4 heteroatoms. The summed E-state index contributed by atoms with van der Waals surface area (Å²) in [5.41, 5.74) is -0.444. The van der Waals surface area contributed by atoms with Crippen LogP contribution in [0.5, 0.6) is 5.75 Å². The minimum Gasteiger partial charge on any atom is -0.503 e. The molecule has 0 saturated heterocycles. The molecule has 0 fully saturated rings. The van der Waals surface area contributed by atoms with Crippen LogP contribution in [0.15, 0.2) is 23.3 Å². The van der Waals surface area contributed by atoms with Gasteiger partial charge in [-0.3, -0.25) is 4.79 Å². The number of hydrogen-bond acceptors (Lipinski definition) is 2. The van der Waals surface area contributed by atoms with E-state index in [0.717, 1.165) is 0 Å². The molecule has 0 atom stereocenters. The van der Waals surface area contributed by atoms with Crippen molar-refractivity contribution < 1.29 is 9.50 Å².